The molecule has 7 heteroatoms. The number of piperidine rings is 1. The Kier molecular flexibility index (Phi) is 4.17. The number of aromatic nitrogens is 3. The molecule has 0 atom stereocenters. The molecule has 2 aliphatic heterocycles. The number of amides is 1. The zero-order valence-corrected chi connectivity index (χ0v) is 13.6. The predicted octanol–water partition coefficient (Wildman–Crippen LogP) is 1.10. The highest BCUT2D eigenvalue weighted by atomic mass is 16.2. The van der Waals surface area contributed by atoms with Crippen molar-refractivity contribution in [3.05, 3.63) is 42.1 Å². The van der Waals surface area contributed by atoms with Crippen molar-refractivity contribution in [2.45, 2.75) is 32.0 Å². The van der Waals surface area contributed by atoms with Crippen molar-refractivity contribution < 1.29 is 4.79 Å². The van der Waals surface area contributed by atoms with Crippen LogP contribution in [0.3, 0.4) is 0 Å². The van der Waals surface area contributed by atoms with Gasteiger partial charge in [-0.3, -0.25) is 4.79 Å². The number of rotatable bonds is 3. The molecule has 1 saturated heterocycles. The molecular weight excluding hydrogens is 304 g/mol. The van der Waals surface area contributed by atoms with Crippen LogP contribution in [0.5, 0.6) is 0 Å². The summed E-state index contributed by atoms with van der Waals surface area (Å²) in [6.45, 7) is 4.06. The zero-order chi connectivity index (χ0) is 16.4. The summed E-state index contributed by atoms with van der Waals surface area (Å²) in [7, 11) is 0. The number of carbonyl (C=O) groups is 1. The highest BCUT2D eigenvalue weighted by Crippen LogP contribution is 2.17. The second-order valence-electron chi connectivity index (χ2n) is 6.34. The van der Waals surface area contributed by atoms with Gasteiger partial charge in [0.25, 0.3) is 5.91 Å². The van der Waals surface area contributed by atoms with Gasteiger partial charge in [-0.2, -0.15) is 0 Å². The lowest BCUT2D eigenvalue weighted by molar-refractivity contribution is 0.0713. The van der Waals surface area contributed by atoms with Crippen molar-refractivity contribution in [3.63, 3.8) is 0 Å². The minimum Gasteiger partial charge on any atom is -0.367 e. The van der Waals surface area contributed by atoms with Crippen LogP contribution in [0.25, 0.3) is 0 Å². The molecule has 4 heterocycles. The van der Waals surface area contributed by atoms with E-state index in [1.807, 2.05) is 29.3 Å². The standard InChI is InChI=1S/C17H22N6O/c24-17(14-12-23-10-7-18-11-16(23)21-14)22-8-4-13(5-9-22)20-15-3-1-2-6-19-15/h1-3,6,12-13,18H,4-5,7-11H2,(H,19,20). The number of pyridine rings is 1. The van der Waals surface area contributed by atoms with Gasteiger partial charge in [0.2, 0.25) is 0 Å². The van der Waals surface area contributed by atoms with Gasteiger partial charge in [0.15, 0.2) is 0 Å². The number of hydrogen-bond donors (Lipinski definition) is 2. The topological polar surface area (TPSA) is 75.1 Å². The van der Waals surface area contributed by atoms with Gasteiger partial charge in [0.05, 0.1) is 6.54 Å². The molecule has 4 rings (SSSR count). The summed E-state index contributed by atoms with van der Waals surface area (Å²) in [4.78, 5) is 23.4. The summed E-state index contributed by atoms with van der Waals surface area (Å²) in [6.07, 6.45) is 5.54. The van der Waals surface area contributed by atoms with Gasteiger partial charge in [0, 0.05) is 44.6 Å². The van der Waals surface area contributed by atoms with E-state index >= 15 is 0 Å². The lowest BCUT2D eigenvalue weighted by Gasteiger charge is -2.32. The largest absolute Gasteiger partial charge is 0.367 e. The molecule has 0 aromatic carbocycles. The second kappa shape index (κ2) is 6.60. The molecule has 2 aromatic rings. The maximum atomic E-state index is 12.7. The molecule has 0 aliphatic carbocycles. The van der Waals surface area contributed by atoms with E-state index in [4.69, 9.17) is 0 Å². The van der Waals surface area contributed by atoms with Crippen LogP contribution in [0.1, 0.15) is 29.2 Å². The van der Waals surface area contributed by atoms with Crippen LogP contribution in [0.15, 0.2) is 30.6 Å². The van der Waals surface area contributed by atoms with E-state index in [2.05, 4.69) is 25.2 Å². The van der Waals surface area contributed by atoms with Crippen LogP contribution in [-0.4, -0.2) is 51.0 Å². The Morgan fingerprint density at radius 1 is 1.25 bits per heavy atom. The van der Waals surface area contributed by atoms with Gasteiger partial charge in [-0.15, -0.1) is 0 Å². The first kappa shape index (κ1) is 15.1. The summed E-state index contributed by atoms with van der Waals surface area (Å²) in [5.41, 5.74) is 0.574. The number of carbonyl (C=O) groups excluding carboxylic acids is 1. The number of nitrogens with one attached hydrogen (secondary N) is 2. The summed E-state index contributed by atoms with van der Waals surface area (Å²) in [6, 6.07) is 6.22. The highest BCUT2D eigenvalue weighted by Gasteiger charge is 2.26. The van der Waals surface area contributed by atoms with Crippen molar-refractivity contribution in [1.29, 1.82) is 0 Å². The molecule has 2 aliphatic rings. The number of nitrogens with zero attached hydrogens (tertiary/aromatic N) is 4. The average Bonchev–Trinajstić information content (AvgIpc) is 3.07. The fourth-order valence-electron chi connectivity index (χ4n) is 3.34. The maximum absolute atomic E-state index is 12.7. The van der Waals surface area contributed by atoms with Gasteiger partial charge in [0.1, 0.15) is 17.3 Å². The molecular formula is C17H22N6O. The number of hydrogen-bond acceptors (Lipinski definition) is 5. The molecule has 7 nitrogen and oxygen atoms in total. The van der Waals surface area contributed by atoms with Crippen molar-refractivity contribution in [3.8, 4) is 0 Å². The molecule has 0 unspecified atom stereocenters. The highest BCUT2D eigenvalue weighted by molar-refractivity contribution is 5.92. The first-order chi connectivity index (χ1) is 11.8. The quantitative estimate of drug-likeness (QED) is 0.883. The van der Waals surface area contributed by atoms with Gasteiger partial charge < -0.3 is 20.1 Å². The van der Waals surface area contributed by atoms with Crippen molar-refractivity contribution in [1.82, 2.24) is 24.8 Å². The zero-order valence-electron chi connectivity index (χ0n) is 13.6. The molecule has 126 valence electrons. The second-order valence-corrected chi connectivity index (χ2v) is 6.34. The summed E-state index contributed by atoms with van der Waals surface area (Å²) >= 11 is 0. The third-order valence-electron chi connectivity index (χ3n) is 4.69. The van der Waals surface area contributed by atoms with Gasteiger partial charge >= 0.3 is 0 Å². The van der Waals surface area contributed by atoms with Crippen LogP contribution in [0.2, 0.25) is 0 Å². The summed E-state index contributed by atoms with van der Waals surface area (Å²) in [5, 5.41) is 6.72. The lowest BCUT2D eigenvalue weighted by Crippen LogP contribution is -2.42. The Hall–Kier alpha value is -2.41. The van der Waals surface area contributed by atoms with Crippen LogP contribution >= 0.6 is 0 Å². The van der Waals surface area contributed by atoms with E-state index in [1.54, 1.807) is 6.20 Å². The molecule has 2 N–H and O–H groups in total. The van der Waals surface area contributed by atoms with Crippen molar-refractivity contribution in [2.75, 3.05) is 25.0 Å². The van der Waals surface area contributed by atoms with E-state index in [9.17, 15) is 4.79 Å². The number of anilines is 1. The number of imidazole rings is 1. The average molecular weight is 326 g/mol. The summed E-state index contributed by atoms with van der Waals surface area (Å²) < 4.78 is 2.08. The Morgan fingerprint density at radius 3 is 2.88 bits per heavy atom. The van der Waals surface area contributed by atoms with Gasteiger partial charge in [-0.25, -0.2) is 9.97 Å². The molecule has 0 bridgehead atoms. The third kappa shape index (κ3) is 3.12. The smallest absolute Gasteiger partial charge is 0.274 e. The van der Waals surface area contributed by atoms with E-state index in [0.29, 0.717) is 11.7 Å². The minimum atomic E-state index is 0.0492. The van der Waals surface area contributed by atoms with Crippen LogP contribution in [0, 0.1) is 0 Å². The Labute approximate surface area is 141 Å². The molecule has 0 saturated carbocycles. The Balaban J connectivity index is 1.35. The van der Waals surface area contributed by atoms with E-state index in [0.717, 1.165) is 57.2 Å². The molecule has 1 amide bonds. The van der Waals surface area contributed by atoms with Crippen LogP contribution in [-0.2, 0) is 13.1 Å². The Bertz CT molecular complexity index is 682. The number of likely N-dealkylation sites (tertiary alicyclic amines) is 1. The number of fused-ring (bicyclic) bond motifs is 1. The predicted molar refractivity (Wildman–Crippen MR) is 90.7 cm³/mol. The van der Waals surface area contributed by atoms with E-state index < -0.39 is 0 Å². The molecule has 2 aromatic heterocycles. The monoisotopic (exact) mass is 326 g/mol. The Morgan fingerprint density at radius 2 is 2.12 bits per heavy atom. The minimum absolute atomic E-state index is 0.0492. The molecule has 0 radical (unpaired) electrons. The lowest BCUT2D eigenvalue weighted by atomic mass is 10.0. The fraction of sp³-hybridized carbons (Fsp3) is 0.471. The van der Waals surface area contributed by atoms with Gasteiger partial charge in [-0.05, 0) is 25.0 Å². The van der Waals surface area contributed by atoms with Crippen LogP contribution < -0.4 is 10.6 Å². The van der Waals surface area contributed by atoms with E-state index in [-0.39, 0.29) is 5.91 Å². The summed E-state index contributed by atoms with van der Waals surface area (Å²) in [5.74, 6) is 1.90. The van der Waals surface area contributed by atoms with E-state index in [1.165, 1.54) is 0 Å². The first-order valence-corrected chi connectivity index (χ1v) is 8.53. The maximum Gasteiger partial charge on any atom is 0.274 e. The molecule has 1 fully saturated rings. The van der Waals surface area contributed by atoms with Gasteiger partial charge in [-0.1, -0.05) is 6.07 Å². The third-order valence-corrected chi connectivity index (χ3v) is 4.69. The SMILES string of the molecule is O=C(c1cn2c(n1)CNCC2)N1CCC(Nc2ccccn2)CC1. The first-order valence-electron chi connectivity index (χ1n) is 8.53. The molecule has 24 heavy (non-hydrogen) atoms. The van der Waals surface area contributed by atoms with Crippen molar-refractivity contribution in [2.24, 2.45) is 0 Å². The fourth-order valence-corrected chi connectivity index (χ4v) is 3.34. The van der Waals surface area contributed by atoms with Crippen molar-refractivity contribution >= 4 is 11.7 Å². The normalized spacial score (nSPS) is 18.2. The molecule has 0 spiro atoms. The van der Waals surface area contributed by atoms with Crippen LogP contribution in [0.4, 0.5) is 5.82 Å².